The van der Waals surface area contributed by atoms with E-state index in [1.165, 1.54) is 32.5 Å². The summed E-state index contributed by atoms with van der Waals surface area (Å²) in [5.74, 6) is -9.97. The maximum atomic E-state index is 14.1. The molecule has 0 unspecified atom stereocenters. The van der Waals surface area contributed by atoms with E-state index < -0.39 is 156 Å². The number of fused-ring (bicyclic) bond motifs is 1. The Balaban J connectivity index is 1.73. The van der Waals surface area contributed by atoms with Crippen LogP contribution in [0, 0.1) is 17.8 Å². The molecule has 0 spiro atoms. The van der Waals surface area contributed by atoms with Crippen molar-refractivity contribution in [3.63, 3.8) is 0 Å². The number of aromatic amines is 1. The molecule has 0 saturated carbocycles. The Kier molecular flexibility index (Phi) is 30.0. The normalized spacial score (nSPS) is 16.8. The van der Waals surface area contributed by atoms with Gasteiger partial charge in [0.25, 0.3) is 0 Å². The lowest BCUT2D eigenvalue weighted by Gasteiger charge is -2.30. The van der Waals surface area contributed by atoms with Crippen LogP contribution in [-0.2, 0) is 65.5 Å². The van der Waals surface area contributed by atoms with E-state index in [-0.39, 0.29) is 31.6 Å². The SMILES string of the molecule is CC[C@H](C)[C@H](NC(=O)[C@H](CC(C)C)NC(=O)[C@@H](N)[C@@H](C)OC(=O)[C@@H](NC(=O)[C@H](Cc1ccccc1)NC(=O)[C@@H](N)Cc1c[nH]c2ccccc12)[C@@H](C)O)C(=O)N[C@@H](CO)C(=O)N[C@H](C(=O)N[C@H](C(=O)N[C@@H](CCSC)C(N)=O)[C@@H](C)CC)[C@@H](C)O. The number of primary amides is 1. The first-order valence-corrected chi connectivity index (χ1v) is 30.0. The highest BCUT2D eigenvalue weighted by Gasteiger charge is 2.39. The van der Waals surface area contributed by atoms with Gasteiger partial charge >= 0.3 is 5.97 Å². The van der Waals surface area contributed by atoms with E-state index in [1.54, 1.807) is 78.1 Å². The van der Waals surface area contributed by atoms with E-state index in [4.69, 9.17) is 21.9 Å². The molecular formula is C58H90N12O14S. The number of rotatable bonds is 36. The minimum Gasteiger partial charge on any atom is -0.459 e. The first-order valence-electron chi connectivity index (χ1n) is 28.6. The Bertz CT molecular complexity index is 2710. The van der Waals surface area contributed by atoms with E-state index in [1.807, 2.05) is 30.5 Å². The number of esters is 1. The number of aliphatic hydroxyl groups excluding tert-OH is 3. The van der Waals surface area contributed by atoms with Crippen LogP contribution < -0.4 is 59.7 Å². The van der Waals surface area contributed by atoms with E-state index >= 15 is 0 Å². The third-order valence-corrected chi connectivity index (χ3v) is 15.2. The zero-order valence-corrected chi connectivity index (χ0v) is 51.0. The summed E-state index contributed by atoms with van der Waals surface area (Å²) in [6, 6.07) is 1.97. The monoisotopic (exact) mass is 1210 g/mol. The van der Waals surface area contributed by atoms with Gasteiger partial charge in [-0.2, -0.15) is 11.8 Å². The number of benzene rings is 2. The van der Waals surface area contributed by atoms with Gasteiger partial charge in [-0.25, -0.2) is 4.79 Å². The van der Waals surface area contributed by atoms with Gasteiger partial charge in [0.1, 0.15) is 54.4 Å². The Labute approximate surface area is 500 Å². The molecular weight excluding hydrogens is 1120 g/mol. The lowest BCUT2D eigenvalue weighted by atomic mass is 9.96. The van der Waals surface area contributed by atoms with Crippen LogP contribution in [0.5, 0.6) is 0 Å². The first kappa shape index (κ1) is 72.1. The molecule has 27 heteroatoms. The second-order valence-corrected chi connectivity index (χ2v) is 23.0. The highest BCUT2D eigenvalue weighted by molar-refractivity contribution is 7.98. The molecule has 0 fully saturated rings. The molecule has 0 aliphatic heterocycles. The number of aromatic nitrogens is 1. The van der Waals surface area contributed by atoms with Crippen molar-refractivity contribution in [2.45, 2.75) is 180 Å². The Hall–Kier alpha value is -7.17. The van der Waals surface area contributed by atoms with Crippen molar-refractivity contribution in [1.82, 2.24) is 47.5 Å². The van der Waals surface area contributed by atoms with E-state index in [2.05, 4.69) is 47.5 Å². The molecule has 0 aliphatic carbocycles. The maximum Gasteiger partial charge on any atom is 0.331 e. The minimum absolute atomic E-state index is 0.00577. The highest BCUT2D eigenvalue weighted by Crippen LogP contribution is 2.20. The van der Waals surface area contributed by atoms with Gasteiger partial charge in [0.2, 0.25) is 53.2 Å². The summed E-state index contributed by atoms with van der Waals surface area (Å²) in [5, 5.41) is 52.8. The molecule has 3 aromatic rings. The van der Waals surface area contributed by atoms with E-state index in [9.17, 15) is 63.3 Å². The first-order chi connectivity index (χ1) is 40.1. The minimum atomic E-state index is -1.75. The van der Waals surface area contributed by atoms with Crippen LogP contribution in [0.15, 0.2) is 60.8 Å². The Morgan fingerprint density at radius 3 is 1.60 bits per heavy atom. The molecule has 15 atom stereocenters. The predicted molar refractivity (Wildman–Crippen MR) is 320 cm³/mol. The molecule has 9 amide bonds. The number of nitrogens with two attached hydrogens (primary N) is 3. The molecule has 472 valence electrons. The van der Waals surface area contributed by atoms with Crippen LogP contribution in [0.3, 0.4) is 0 Å². The number of para-hydroxylation sites is 1. The van der Waals surface area contributed by atoms with E-state index in [0.717, 1.165) is 16.5 Å². The third-order valence-electron chi connectivity index (χ3n) is 14.6. The topological polar surface area (TPSA) is 431 Å². The van der Waals surface area contributed by atoms with Crippen molar-refractivity contribution in [2.75, 3.05) is 18.6 Å². The molecule has 1 heterocycles. The van der Waals surface area contributed by atoms with Crippen molar-refractivity contribution in [1.29, 1.82) is 0 Å². The van der Waals surface area contributed by atoms with Crippen molar-refractivity contribution in [2.24, 2.45) is 35.0 Å². The lowest BCUT2D eigenvalue weighted by molar-refractivity contribution is -0.157. The zero-order valence-electron chi connectivity index (χ0n) is 50.1. The van der Waals surface area contributed by atoms with Crippen molar-refractivity contribution in [3.8, 4) is 0 Å². The number of amides is 9. The summed E-state index contributed by atoms with van der Waals surface area (Å²) in [4.78, 5) is 139. The molecule has 3 rings (SSSR count). The van der Waals surface area contributed by atoms with Gasteiger partial charge in [-0.3, -0.25) is 43.2 Å². The number of thioether (sulfide) groups is 1. The number of aliphatic hydroxyl groups is 3. The second-order valence-electron chi connectivity index (χ2n) is 22.0. The van der Waals surface area contributed by atoms with Crippen LogP contribution in [0.4, 0.5) is 0 Å². The Morgan fingerprint density at radius 1 is 0.576 bits per heavy atom. The van der Waals surface area contributed by atoms with Gasteiger partial charge in [0, 0.05) is 23.5 Å². The van der Waals surface area contributed by atoms with E-state index in [0.29, 0.717) is 24.2 Å². The zero-order chi connectivity index (χ0) is 63.8. The van der Waals surface area contributed by atoms with Crippen molar-refractivity contribution in [3.05, 3.63) is 71.9 Å². The second kappa shape index (κ2) is 35.3. The number of nitrogens with one attached hydrogen (secondary N) is 9. The van der Waals surface area contributed by atoms with Crippen LogP contribution in [0.1, 0.15) is 99.1 Å². The molecule has 26 nitrogen and oxygen atoms in total. The van der Waals surface area contributed by atoms with Gasteiger partial charge < -0.3 is 84.8 Å². The molecule has 0 bridgehead atoms. The van der Waals surface area contributed by atoms with Gasteiger partial charge in [-0.15, -0.1) is 0 Å². The molecule has 2 aromatic carbocycles. The molecule has 0 radical (unpaired) electrons. The molecule has 1 aromatic heterocycles. The summed E-state index contributed by atoms with van der Waals surface area (Å²) in [6.45, 7) is 13.0. The fourth-order valence-corrected chi connectivity index (χ4v) is 9.38. The summed E-state index contributed by atoms with van der Waals surface area (Å²) in [5.41, 5.74) is 20.5. The number of carbonyl (C=O) groups excluding carboxylic acids is 10. The molecule has 18 N–H and O–H groups in total. The number of hydrogen-bond acceptors (Lipinski definition) is 17. The fraction of sp³-hybridized carbons (Fsp3) is 0.586. The predicted octanol–water partition coefficient (Wildman–Crippen LogP) is -1.45. The fourth-order valence-electron chi connectivity index (χ4n) is 8.91. The molecule has 0 aliphatic rings. The number of hydrogen-bond donors (Lipinski definition) is 15. The number of ether oxygens (including phenoxy) is 1. The number of H-pyrrole nitrogens is 1. The van der Waals surface area contributed by atoms with Crippen molar-refractivity contribution < 1.29 is 68.0 Å². The van der Waals surface area contributed by atoms with Gasteiger partial charge in [-0.05, 0) is 87.0 Å². The summed E-state index contributed by atoms with van der Waals surface area (Å²) in [6.07, 6.45) is 0.000941. The summed E-state index contributed by atoms with van der Waals surface area (Å²) >= 11 is 1.43. The maximum absolute atomic E-state index is 14.1. The average molecular weight is 1210 g/mol. The van der Waals surface area contributed by atoms with Crippen LogP contribution in [0.2, 0.25) is 0 Å². The Morgan fingerprint density at radius 2 is 1.06 bits per heavy atom. The van der Waals surface area contributed by atoms with Gasteiger partial charge in [0.05, 0.1) is 24.9 Å². The van der Waals surface area contributed by atoms with Crippen LogP contribution in [0.25, 0.3) is 10.9 Å². The summed E-state index contributed by atoms with van der Waals surface area (Å²) in [7, 11) is 0. The summed E-state index contributed by atoms with van der Waals surface area (Å²) < 4.78 is 5.54. The quantitative estimate of drug-likeness (QED) is 0.0296. The largest absolute Gasteiger partial charge is 0.459 e. The lowest BCUT2D eigenvalue weighted by Crippen LogP contribution is -2.63. The molecule has 85 heavy (non-hydrogen) atoms. The highest BCUT2D eigenvalue weighted by atomic mass is 32.2. The number of carbonyl (C=O) groups is 10. The molecule has 0 saturated heterocycles. The van der Waals surface area contributed by atoms with Crippen LogP contribution >= 0.6 is 11.8 Å². The smallest absolute Gasteiger partial charge is 0.331 e. The van der Waals surface area contributed by atoms with Gasteiger partial charge in [0.15, 0.2) is 6.04 Å². The van der Waals surface area contributed by atoms with Gasteiger partial charge in [-0.1, -0.05) is 103 Å². The van der Waals surface area contributed by atoms with Crippen molar-refractivity contribution >= 4 is 81.8 Å². The third kappa shape index (κ3) is 22.3. The van der Waals surface area contributed by atoms with Crippen LogP contribution in [-0.4, -0.2) is 177 Å². The standard InChI is InChI=1S/C58H90N12O14S/c1-11-30(5)45(56(81)66-43(28-71)53(78)69-47(32(7)72)57(82)68-46(31(6)12-2)55(80)63-40(49(61)74)22-23-85-10)67-51(76)41(24-29(3)4)65-54(79)44(60)34(9)84-58(83)48(33(8)73)70-52(77)42(25-35-18-14-13-15-19-35)64-50(75)38(59)26-36-27-62-39-21-17-16-20-37(36)39/h13-21,27,29-34,38,40-48,62,71-73H,11-12,22-26,28,59-60H2,1-10H3,(H2,61,74)(H,63,80)(H,64,75)(H,65,79)(H,66,81)(H,67,76)(H,68,82)(H,69,78)(H,70,77)/t30-,31-,32+,33+,34+,38-,40-,41-,42-,43-,44-,45-,46-,47-,48-/m0/s1. The average Bonchev–Trinajstić information content (AvgIpc) is 4.10.